The van der Waals surface area contributed by atoms with Crippen LogP contribution in [0, 0.1) is 0 Å². The van der Waals surface area contributed by atoms with E-state index in [9.17, 15) is 9.59 Å². The van der Waals surface area contributed by atoms with Crippen molar-refractivity contribution < 1.29 is 33.3 Å². The molecule has 0 aliphatic heterocycles. The number of ether oxygens (including phenoxy) is 5. The standard InChI is InChI=1S/C15H30N2O7/c1-14(18)16-3-5-21-7-9-23-11-12-24-10-8-22-6-4-17-15(19)13-20-2/h3-13H2,1-2H3,(H,16,18)(H,17,19). The molecule has 0 saturated heterocycles. The van der Waals surface area contributed by atoms with Crippen LogP contribution in [0.15, 0.2) is 0 Å². The Balaban J connectivity index is 3.05. The van der Waals surface area contributed by atoms with E-state index in [1.807, 2.05) is 0 Å². The van der Waals surface area contributed by atoms with Crippen LogP contribution < -0.4 is 10.6 Å². The first kappa shape index (κ1) is 22.7. The van der Waals surface area contributed by atoms with Crippen LogP contribution in [-0.4, -0.2) is 91.5 Å². The van der Waals surface area contributed by atoms with Crippen molar-refractivity contribution in [2.45, 2.75) is 6.92 Å². The van der Waals surface area contributed by atoms with Gasteiger partial charge in [0.15, 0.2) is 0 Å². The molecule has 9 nitrogen and oxygen atoms in total. The fourth-order valence-electron chi connectivity index (χ4n) is 1.51. The minimum absolute atomic E-state index is 0.0590. The Morgan fingerprint density at radius 1 is 0.708 bits per heavy atom. The van der Waals surface area contributed by atoms with Crippen LogP contribution in [0.4, 0.5) is 0 Å². The quantitative estimate of drug-likeness (QED) is 0.323. The Morgan fingerprint density at radius 3 is 1.54 bits per heavy atom. The molecule has 142 valence electrons. The first-order valence-electron chi connectivity index (χ1n) is 7.98. The molecule has 0 heterocycles. The summed E-state index contributed by atoms with van der Waals surface area (Å²) in [7, 11) is 1.47. The SMILES string of the molecule is COCC(=O)NCCOCCOCCOCCOCCNC(C)=O. The van der Waals surface area contributed by atoms with E-state index in [4.69, 9.17) is 18.9 Å². The third kappa shape index (κ3) is 18.8. The van der Waals surface area contributed by atoms with Gasteiger partial charge in [-0.1, -0.05) is 0 Å². The fourth-order valence-corrected chi connectivity index (χ4v) is 1.51. The lowest BCUT2D eigenvalue weighted by atomic mass is 10.6. The molecule has 2 amide bonds. The minimum atomic E-state index is -0.159. The molecule has 0 aliphatic carbocycles. The number of nitrogens with one attached hydrogen (secondary N) is 2. The highest BCUT2D eigenvalue weighted by Crippen LogP contribution is 1.83. The van der Waals surface area contributed by atoms with Gasteiger partial charge in [-0.05, 0) is 0 Å². The highest BCUT2D eigenvalue weighted by atomic mass is 16.6. The molecule has 24 heavy (non-hydrogen) atoms. The topological polar surface area (TPSA) is 104 Å². The predicted octanol–water partition coefficient (Wildman–Crippen LogP) is -1.05. The Morgan fingerprint density at radius 2 is 1.12 bits per heavy atom. The van der Waals surface area contributed by atoms with Crippen molar-refractivity contribution in [2.75, 3.05) is 79.7 Å². The zero-order valence-electron chi connectivity index (χ0n) is 14.6. The first-order chi connectivity index (χ1) is 11.7. The molecular formula is C15H30N2O7. The average molecular weight is 350 g/mol. The summed E-state index contributed by atoms with van der Waals surface area (Å²) < 4.78 is 25.9. The minimum Gasteiger partial charge on any atom is -0.377 e. The summed E-state index contributed by atoms with van der Waals surface area (Å²) in [5.74, 6) is -0.222. The molecule has 0 bridgehead atoms. The summed E-state index contributed by atoms with van der Waals surface area (Å²) in [5.41, 5.74) is 0. The van der Waals surface area contributed by atoms with Gasteiger partial charge in [0.05, 0.1) is 52.9 Å². The second kappa shape index (κ2) is 18.1. The second-order valence-corrected chi connectivity index (χ2v) is 4.72. The fraction of sp³-hybridized carbons (Fsp3) is 0.867. The highest BCUT2D eigenvalue weighted by molar-refractivity contribution is 5.77. The molecule has 0 spiro atoms. The molecule has 0 saturated carbocycles. The van der Waals surface area contributed by atoms with Crippen LogP contribution in [0.5, 0.6) is 0 Å². The van der Waals surface area contributed by atoms with Gasteiger partial charge in [-0.15, -0.1) is 0 Å². The van der Waals surface area contributed by atoms with Crippen LogP contribution >= 0.6 is 0 Å². The molecule has 0 aliphatic rings. The smallest absolute Gasteiger partial charge is 0.246 e. The van der Waals surface area contributed by atoms with Gasteiger partial charge in [-0.2, -0.15) is 0 Å². The van der Waals surface area contributed by atoms with Gasteiger partial charge in [0.25, 0.3) is 0 Å². The second-order valence-electron chi connectivity index (χ2n) is 4.72. The maximum atomic E-state index is 11.0. The predicted molar refractivity (Wildman–Crippen MR) is 86.8 cm³/mol. The molecule has 0 atom stereocenters. The van der Waals surface area contributed by atoms with Crippen molar-refractivity contribution in [2.24, 2.45) is 0 Å². The highest BCUT2D eigenvalue weighted by Gasteiger charge is 1.98. The van der Waals surface area contributed by atoms with E-state index in [-0.39, 0.29) is 18.4 Å². The Kier molecular flexibility index (Phi) is 17.1. The molecule has 0 radical (unpaired) electrons. The van der Waals surface area contributed by atoms with E-state index >= 15 is 0 Å². The van der Waals surface area contributed by atoms with Gasteiger partial charge in [-0.3, -0.25) is 9.59 Å². The van der Waals surface area contributed by atoms with E-state index in [1.54, 1.807) is 0 Å². The van der Waals surface area contributed by atoms with E-state index in [2.05, 4.69) is 15.4 Å². The van der Waals surface area contributed by atoms with Crippen LogP contribution in [0.3, 0.4) is 0 Å². The van der Waals surface area contributed by atoms with E-state index < -0.39 is 0 Å². The van der Waals surface area contributed by atoms with Crippen LogP contribution in [-0.2, 0) is 33.3 Å². The van der Waals surface area contributed by atoms with E-state index in [0.717, 1.165) is 0 Å². The van der Waals surface area contributed by atoms with Crippen LogP contribution in [0.1, 0.15) is 6.92 Å². The molecule has 2 N–H and O–H groups in total. The van der Waals surface area contributed by atoms with Gasteiger partial charge < -0.3 is 34.3 Å². The van der Waals surface area contributed by atoms with Gasteiger partial charge in [0.2, 0.25) is 11.8 Å². The van der Waals surface area contributed by atoms with Gasteiger partial charge in [-0.25, -0.2) is 0 Å². The molecule has 0 aromatic carbocycles. The molecular weight excluding hydrogens is 320 g/mol. The summed E-state index contributed by atoms with van der Waals surface area (Å²) in [6, 6.07) is 0. The third-order valence-corrected chi connectivity index (χ3v) is 2.58. The van der Waals surface area contributed by atoms with Crippen LogP contribution in [0.25, 0.3) is 0 Å². The normalized spacial score (nSPS) is 10.6. The molecule has 0 aromatic rings. The zero-order valence-corrected chi connectivity index (χ0v) is 14.6. The van der Waals surface area contributed by atoms with Gasteiger partial charge in [0.1, 0.15) is 6.61 Å². The lowest BCUT2D eigenvalue weighted by Gasteiger charge is -2.08. The number of amides is 2. The number of hydrogen-bond acceptors (Lipinski definition) is 7. The number of carbonyl (C=O) groups excluding carboxylic acids is 2. The zero-order chi connectivity index (χ0) is 17.9. The third-order valence-electron chi connectivity index (χ3n) is 2.58. The molecule has 0 aromatic heterocycles. The largest absolute Gasteiger partial charge is 0.377 e. The lowest BCUT2D eigenvalue weighted by molar-refractivity contribution is -0.125. The van der Waals surface area contributed by atoms with Crippen molar-refractivity contribution in [3.8, 4) is 0 Å². The molecule has 9 heteroatoms. The molecule has 0 rings (SSSR count). The Labute approximate surface area is 143 Å². The van der Waals surface area contributed by atoms with E-state index in [0.29, 0.717) is 65.9 Å². The van der Waals surface area contributed by atoms with Crippen molar-refractivity contribution in [3.63, 3.8) is 0 Å². The number of hydrogen-bond donors (Lipinski definition) is 2. The van der Waals surface area contributed by atoms with Gasteiger partial charge >= 0.3 is 0 Å². The number of methoxy groups -OCH3 is 1. The van der Waals surface area contributed by atoms with Crippen molar-refractivity contribution in [1.29, 1.82) is 0 Å². The van der Waals surface area contributed by atoms with Crippen molar-refractivity contribution >= 4 is 11.8 Å². The summed E-state index contributed by atoms with van der Waals surface area (Å²) in [4.78, 5) is 21.6. The van der Waals surface area contributed by atoms with Crippen molar-refractivity contribution in [1.82, 2.24) is 10.6 Å². The van der Waals surface area contributed by atoms with Crippen molar-refractivity contribution in [3.05, 3.63) is 0 Å². The number of carbonyl (C=O) groups is 2. The Bertz CT molecular complexity index is 316. The summed E-state index contributed by atoms with van der Waals surface area (Å²) in [5, 5.41) is 5.29. The average Bonchev–Trinajstić information content (AvgIpc) is 2.54. The maximum absolute atomic E-state index is 11.0. The van der Waals surface area contributed by atoms with E-state index in [1.165, 1.54) is 14.0 Å². The summed E-state index contributed by atoms with van der Waals surface area (Å²) >= 11 is 0. The lowest BCUT2D eigenvalue weighted by Crippen LogP contribution is -2.30. The molecule has 0 unspecified atom stereocenters. The Hall–Kier alpha value is -1.26. The van der Waals surface area contributed by atoms with Crippen LogP contribution in [0.2, 0.25) is 0 Å². The van der Waals surface area contributed by atoms with Gasteiger partial charge in [0, 0.05) is 27.1 Å². The monoisotopic (exact) mass is 350 g/mol. The maximum Gasteiger partial charge on any atom is 0.246 e. The molecule has 0 fully saturated rings. The first-order valence-corrected chi connectivity index (χ1v) is 7.98. The summed E-state index contributed by atoms with van der Waals surface area (Å²) in [6.45, 7) is 6.28. The number of rotatable bonds is 17. The summed E-state index contributed by atoms with van der Waals surface area (Å²) in [6.07, 6.45) is 0.